The molecule has 8 heteroatoms. The number of carbonyl (C=O) groups excluding carboxylic acids is 1. The average Bonchev–Trinajstić information content (AvgIpc) is 3.27. The molecule has 172 valence electrons. The van der Waals surface area contributed by atoms with E-state index < -0.39 is 0 Å². The van der Waals surface area contributed by atoms with Gasteiger partial charge in [-0.15, -0.1) is 11.3 Å². The van der Waals surface area contributed by atoms with Crippen molar-refractivity contribution in [1.29, 1.82) is 5.26 Å². The molecule has 4 aromatic rings. The normalized spacial score (nSPS) is 10.9. The third-order valence-corrected chi connectivity index (χ3v) is 7.33. The van der Waals surface area contributed by atoms with Gasteiger partial charge in [0.1, 0.15) is 30.0 Å². The molecule has 2 heterocycles. The molecular formula is C26H21FN2O3S2. The maximum absolute atomic E-state index is 13.8. The fraction of sp³-hybridized carbons (Fsp3) is 0.192. The lowest BCUT2D eigenvalue weighted by Gasteiger charge is -2.10. The van der Waals surface area contributed by atoms with Crippen LogP contribution in [0.3, 0.4) is 0 Å². The zero-order valence-electron chi connectivity index (χ0n) is 18.4. The van der Waals surface area contributed by atoms with Crippen LogP contribution in [-0.2, 0) is 22.4 Å². The van der Waals surface area contributed by atoms with Gasteiger partial charge < -0.3 is 9.47 Å². The molecule has 0 N–H and O–H groups in total. The second kappa shape index (κ2) is 11.3. The van der Waals surface area contributed by atoms with Crippen LogP contribution in [0.15, 0.2) is 69.9 Å². The van der Waals surface area contributed by atoms with Gasteiger partial charge in [-0.25, -0.2) is 4.39 Å². The molecule has 0 atom stereocenters. The Labute approximate surface area is 205 Å². The Morgan fingerprint density at radius 2 is 2.00 bits per heavy atom. The highest BCUT2D eigenvalue weighted by Crippen LogP contribution is 2.38. The van der Waals surface area contributed by atoms with E-state index in [4.69, 9.17) is 9.47 Å². The van der Waals surface area contributed by atoms with Crippen molar-refractivity contribution < 1.29 is 18.7 Å². The maximum atomic E-state index is 13.8. The molecule has 0 aliphatic heterocycles. The minimum atomic E-state index is -0.355. The fourth-order valence-electron chi connectivity index (χ4n) is 3.41. The van der Waals surface area contributed by atoms with E-state index in [1.807, 2.05) is 18.2 Å². The first-order valence-electron chi connectivity index (χ1n) is 10.5. The Bertz CT molecular complexity index is 1360. The standard InChI is InChI=1S/C26H21FN2O3S2/c1-31-10-11-32-24-15-23-21(13-18(24)16-28)25(8-9-29-23)34-26-7-6-20(33-26)14-19(30)12-17-4-2-3-5-22(17)27/h2-9,13,15H,10-12,14H2,1H3. The topological polar surface area (TPSA) is 72.2 Å². The molecule has 0 fully saturated rings. The van der Waals surface area contributed by atoms with Crippen LogP contribution >= 0.6 is 23.1 Å². The number of carbonyl (C=O) groups is 1. The van der Waals surface area contributed by atoms with Crippen LogP contribution in [0.2, 0.25) is 0 Å². The van der Waals surface area contributed by atoms with Crippen molar-refractivity contribution in [2.75, 3.05) is 20.3 Å². The third-order valence-electron chi connectivity index (χ3n) is 5.03. The van der Waals surface area contributed by atoms with Crippen LogP contribution in [0.25, 0.3) is 10.9 Å². The summed E-state index contributed by atoms with van der Waals surface area (Å²) < 4.78 is 25.5. The number of methoxy groups -OCH3 is 1. The molecule has 0 aliphatic rings. The quantitative estimate of drug-likeness (QED) is 0.259. The van der Waals surface area contributed by atoms with Crippen LogP contribution in [-0.4, -0.2) is 31.1 Å². The van der Waals surface area contributed by atoms with Gasteiger partial charge in [0.25, 0.3) is 0 Å². The Balaban J connectivity index is 1.49. The molecule has 0 saturated carbocycles. The zero-order chi connectivity index (χ0) is 23.9. The van der Waals surface area contributed by atoms with E-state index in [9.17, 15) is 14.4 Å². The number of nitrogens with zero attached hydrogens (tertiary/aromatic N) is 2. The Morgan fingerprint density at radius 1 is 1.15 bits per heavy atom. The molecule has 34 heavy (non-hydrogen) atoms. The van der Waals surface area contributed by atoms with Gasteiger partial charge in [0, 0.05) is 47.4 Å². The number of rotatable bonds is 10. The van der Waals surface area contributed by atoms with Crippen LogP contribution in [0.5, 0.6) is 5.75 Å². The number of aromatic nitrogens is 1. The number of ketones is 1. The van der Waals surface area contributed by atoms with Gasteiger partial charge in [-0.1, -0.05) is 30.0 Å². The van der Waals surface area contributed by atoms with Crippen molar-refractivity contribution in [1.82, 2.24) is 4.98 Å². The first-order chi connectivity index (χ1) is 16.6. The van der Waals surface area contributed by atoms with E-state index in [-0.39, 0.29) is 24.4 Å². The molecule has 0 saturated heterocycles. The highest BCUT2D eigenvalue weighted by atomic mass is 32.2. The highest BCUT2D eigenvalue weighted by Gasteiger charge is 2.14. The van der Waals surface area contributed by atoms with Crippen LogP contribution < -0.4 is 4.74 Å². The third kappa shape index (κ3) is 5.81. The number of nitriles is 1. The number of hydrogen-bond donors (Lipinski definition) is 0. The van der Waals surface area contributed by atoms with Crippen molar-refractivity contribution >= 4 is 39.8 Å². The molecule has 0 amide bonds. The smallest absolute Gasteiger partial charge is 0.142 e. The number of halogens is 1. The fourth-order valence-corrected chi connectivity index (χ4v) is 5.68. The zero-order valence-corrected chi connectivity index (χ0v) is 20.0. The number of hydrogen-bond acceptors (Lipinski definition) is 7. The van der Waals surface area contributed by atoms with Gasteiger partial charge in [-0.2, -0.15) is 5.26 Å². The number of Topliss-reactive ketones (excluding diaryl/α,β-unsaturated/α-hetero) is 1. The number of pyridine rings is 1. The summed E-state index contributed by atoms with van der Waals surface area (Å²) in [5.41, 5.74) is 1.58. The first kappa shape index (κ1) is 23.9. The predicted molar refractivity (Wildman–Crippen MR) is 131 cm³/mol. The van der Waals surface area contributed by atoms with Crippen LogP contribution in [0.1, 0.15) is 16.0 Å². The monoisotopic (exact) mass is 492 g/mol. The minimum absolute atomic E-state index is 0.0301. The average molecular weight is 493 g/mol. The number of ether oxygens (including phenoxy) is 2. The number of benzene rings is 2. The lowest BCUT2D eigenvalue weighted by atomic mass is 10.1. The maximum Gasteiger partial charge on any atom is 0.142 e. The van der Waals surface area contributed by atoms with Gasteiger partial charge in [-0.3, -0.25) is 9.78 Å². The van der Waals surface area contributed by atoms with E-state index in [2.05, 4.69) is 11.1 Å². The van der Waals surface area contributed by atoms with E-state index in [1.54, 1.807) is 55.4 Å². The summed E-state index contributed by atoms with van der Waals surface area (Å²) in [4.78, 5) is 18.8. The second-order valence-electron chi connectivity index (χ2n) is 7.43. The van der Waals surface area contributed by atoms with Gasteiger partial charge in [0.2, 0.25) is 0 Å². The van der Waals surface area contributed by atoms with Crippen LogP contribution in [0, 0.1) is 17.1 Å². The summed E-state index contributed by atoms with van der Waals surface area (Å²) >= 11 is 3.09. The summed E-state index contributed by atoms with van der Waals surface area (Å²) in [5.74, 6) is 0.0952. The second-order valence-corrected chi connectivity index (χ2v) is 9.94. The van der Waals surface area contributed by atoms with E-state index >= 15 is 0 Å². The first-order valence-corrected chi connectivity index (χ1v) is 12.2. The van der Waals surface area contributed by atoms with Gasteiger partial charge in [-0.05, 0) is 35.9 Å². The predicted octanol–water partition coefficient (Wildman–Crippen LogP) is 5.84. The Morgan fingerprint density at radius 3 is 2.79 bits per heavy atom. The molecule has 4 rings (SSSR count). The Kier molecular flexibility index (Phi) is 7.91. The molecule has 5 nitrogen and oxygen atoms in total. The molecule has 0 aliphatic carbocycles. The van der Waals surface area contributed by atoms with Gasteiger partial charge >= 0.3 is 0 Å². The molecule has 2 aromatic carbocycles. The van der Waals surface area contributed by atoms with Crippen LogP contribution in [0.4, 0.5) is 4.39 Å². The molecule has 0 unspecified atom stereocenters. The Hall–Kier alpha value is -3.25. The molecule has 2 aromatic heterocycles. The SMILES string of the molecule is COCCOc1cc2nccc(Sc3ccc(CC(=O)Cc4ccccc4F)s3)c2cc1C#N. The van der Waals surface area contributed by atoms with Crippen molar-refractivity contribution in [2.45, 2.75) is 21.9 Å². The lowest BCUT2D eigenvalue weighted by Crippen LogP contribution is -2.06. The molecular weight excluding hydrogens is 471 g/mol. The summed E-state index contributed by atoms with van der Waals surface area (Å²) in [5, 5.41) is 10.4. The van der Waals surface area contributed by atoms with E-state index in [0.29, 0.717) is 30.1 Å². The van der Waals surface area contributed by atoms with Crippen molar-refractivity contribution in [3.63, 3.8) is 0 Å². The highest BCUT2D eigenvalue weighted by molar-refractivity contribution is 8.01. The van der Waals surface area contributed by atoms with E-state index in [1.165, 1.54) is 17.4 Å². The van der Waals surface area contributed by atoms with Gasteiger partial charge in [0.05, 0.1) is 21.9 Å². The summed E-state index contributed by atoms with van der Waals surface area (Å²) in [6.07, 6.45) is 2.06. The summed E-state index contributed by atoms with van der Waals surface area (Å²) in [6.45, 7) is 0.772. The number of fused-ring (bicyclic) bond motifs is 1. The van der Waals surface area contributed by atoms with Crippen molar-refractivity contribution in [2.24, 2.45) is 0 Å². The van der Waals surface area contributed by atoms with E-state index in [0.717, 1.165) is 24.9 Å². The van der Waals surface area contributed by atoms with Crippen molar-refractivity contribution in [3.05, 3.63) is 82.6 Å². The summed E-state index contributed by atoms with van der Waals surface area (Å²) in [6, 6.07) is 17.9. The van der Waals surface area contributed by atoms with Gasteiger partial charge in [0.15, 0.2) is 0 Å². The molecule has 0 bridgehead atoms. The molecule has 0 spiro atoms. The molecule has 0 radical (unpaired) electrons. The lowest BCUT2D eigenvalue weighted by molar-refractivity contribution is -0.117. The minimum Gasteiger partial charge on any atom is -0.490 e. The van der Waals surface area contributed by atoms with Crippen molar-refractivity contribution in [3.8, 4) is 11.8 Å². The summed E-state index contributed by atoms with van der Waals surface area (Å²) in [7, 11) is 1.59. The number of thiophene rings is 1. The largest absolute Gasteiger partial charge is 0.490 e.